The van der Waals surface area contributed by atoms with E-state index in [-0.39, 0.29) is 11.9 Å². The lowest BCUT2D eigenvalue weighted by molar-refractivity contribution is 0.0905. The van der Waals surface area contributed by atoms with Crippen LogP contribution < -0.4 is 31.4 Å². The van der Waals surface area contributed by atoms with E-state index in [9.17, 15) is 9.59 Å². The number of aryl methyl sites for hydroxylation is 1. The monoisotopic (exact) mass is 375 g/mol. The Morgan fingerprint density at radius 2 is 1.89 bits per heavy atom. The number of fused-ring (bicyclic) bond motifs is 1. The zero-order valence-electron chi connectivity index (χ0n) is 15.6. The van der Waals surface area contributed by atoms with Crippen LogP contribution in [0.1, 0.15) is 12.8 Å². The molecule has 2 heterocycles. The average Bonchev–Trinajstić information content (AvgIpc) is 2.69. The van der Waals surface area contributed by atoms with Crippen LogP contribution in [0.4, 0.5) is 5.82 Å². The molecule has 0 spiro atoms. The molecule has 0 bridgehead atoms. The van der Waals surface area contributed by atoms with E-state index in [1.165, 1.54) is 14.1 Å². The van der Waals surface area contributed by atoms with Gasteiger partial charge in [0.05, 0.1) is 0 Å². The van der Waals surface area contributed by atoms with Crippen LogP contribution in [-0.2, 0) is 14.1 Å². The fourth-order valence-electron chi connectivity index (χ4n) is 2.82. The normalized spacial score (nSPS) is 15.6. The largest absolute Gasteiger partial charge is 0.486 e. The van der Waals surface area contributed by atoms with Gasteiger partial charge >= 0.3 is 5.69 Å². The zero-order valence-corrected chi connectivity index (χ0v) is 15.6. The maximum absolute atomic E-state index is 12.0. The Kier molecular flexibility index (Phi) is 6.12. The van der Waals surface area contributed by atoms with Crippen LogP contribution in [0.15, 0.2) is 33.9 Å². The second kappa shape index (κ2) is 8.72. The summed E-state index contributed by atoms with van der Waals surface area (Å²) in [5, 5.41) is 10.3. The minimum absolute atomic E-state index is 0.00384. The van der Waals surface area contributed by atoms with E-state index >= 15 is 0 Å². The van der Waals surface area contributed by atoms with Crippen LogP contribution in [0, 0.1) is 0 Å². The van der Waals surface area contributed by atoms with Gasteiger partial charge in [-0.25, -0.2) is 9.48 Å². The van der Waals surface area contributed by atoms with E-state index in [4.69, 9.17) is 9.47 Å². The summed E-state index contributed by atoms with van der Waals surface area (Å²) < 4.78 is 13.8. The van der Waals surface area contributed by atoms with E-state index in [1.54, 1.807) is 0 Å². The fraction of sp³-hybridized carbons (Fsp3) is 0.500. The highest BCUT2D eigenvalue weighted by Crippen LogP contribution is 2.30. The highest BCUT2D eigenvalue weighted by molar-refractivity contribution is 5.40. The first kappa shape index (κ1) is 19.0. The topological polar surface area (TPSA) is 99.4 Å². The number of para-hydroxylation sites is 2. The predicted molar refractivity (Wildman–Crippen MR) is 102 cm³/mol. The zero-order chi connectivity index (χ0) is 19.2. The van der Waals surface area contributed by atoms with Crippen molar-refractivity contribution in [1.29, 1.82) is 0 Å². The summed E-state index contributed by atoms with van der Waals surface area (Å²) in [4.78, 5) is 23.6. The van der Waals surface area contributed by atoms with Crippen LogP contribution in [0.25, 0.3) is 0 Å². The van der Waals surface area contributed by atoms with Gasteiger partial charge in [-0.3, -0.25) is 9.36 Å². The Morgan fingerprint density at radius 1 is 1.15 bits per heavy atom. The van der Waals surface area contributed by atoms with Gasteiger partial charge in [0, 0.05) is 27.2 Å². The minimum atomic E-state index is -0.439. The molecule has 0 aliphatic carbocycles. The molecule has 9 nitrogen and oxygen atoms in total. The lowest BCUT2D eigenvalue weighted by Crippen LogP contribution is -2.40. The molecule has 0 radical (unpaired) electrons. The Labute approximate surface area is 156 Å². The van der Waals surface area contributed by atoms with Crippen molar-refractivity contribution in [2.75, 3.05) is 31.6 Å². The maximum atomic E-state index is 12.0. The molecule has 1 unspecified atom stereocenters. The molecule has 146 valence electrons. The number of benzene rings is 1. The number of unbranched alkanes of at least 4 members (excludes halogenated alkanes) is 1. The number of hydrogen-bond donors (Lipinski definition) is 2. The standard InChI is InChI=1S/C18H25N5O4/c1-22-17(24)16(21-23(2)18(22)25)20-10-6-5-9-19-11-13-12-26-14-7-3-4-8-15(14)27-13/h3-4,7-8,13,19H,5-6,9-12H2,1-2H3,(H,20,21). The van der Waals surface area contributed by atoms with Gasteiger partial charge in [-0.1, -0.05) is 12.1 Å². The van der Waals surface area contributed by atoms with E-state index in [0.717, 1.165) is 40.1 Å². The van der Waals surface area contributed by atoms with Gasteiger partial charge in [0.1, 0.15) is 12.7 Å². The van der Waals surface area contributed by atoms with Crippen molar-refractivity contribution in [2.24, 2.45) is 14.1 Å². The van der Waals surface area contributed by atoms with Crippen LogP contribution in [0.3, 0.4) is 0 Å². The third-order valence-corrected chi connectivity index (χ3v) is 4.33. The lowest BCUT2D eigenvalue weighted by atomic mass is 10.2. The first-order valence-electron chi connectivity index (χ1n) is 9.03. The van der Waals surface area contributed by atoms with Gasteiger partial charge < -0.3 is 20.1 Å². The average molecular weight is 375 g/mol. The summed E-state index contributed by atoms with van der Waals surface area (Å²) >= 11 is 0. The van der Waals surface area contributed by atoms with Crippen LogP contribution in [-0.4, -0.2) is 46.7 Å². The number of anilines is 1. The second-order valence-corrected chi connectivity index (χ2v) is 6.45. The Balaban J connectivity index is 1.33. The molecule has 27 heavy (non-hydrogen) atoms. The summed E-state index contributed by atoms with van der Waals surface area (Å²) in [6.45, 7) is 2.69. The molecule has 1 aromatic heterocycles. The first-order chi connectivity index (χ1) is 13.1. The molecular formula is C18H25N5O4. The number of ether oxygens (including phenoxy) is 2. The van der Waals surface area contributed by atoms with Crippen molar-refractivity contribution in [3.05, 3.63) is 45.1 Å². The summed E-state index contributed by atoms with van der Waals surface area (Å²) in [6.07, 6.45) is 1.80. The highest BCUT2D eigenvalue weighted by Gasteiger charge is 2.19. The van der Waals surface area contributed by atoms with E-state index in [0.29, 0.717) is 19.7 Å². The predicted octanol–water partition coefficient (Wildman–Crippen LogP) is 0.101. The van der Waals surface area contributed by atoms with Gasteiger partial charge in [-0.2, -0.15) is 0 Å². The molecule has 0 saturated heterocycles. The summed E-state index contributed by atoms with van der Waals surface area (Å²) in [5.41, 5.74) is -0.850. The van der Waals surface area contributed by atoms with Crippen molar-refractivity contribution in [3.8, 4) is 11.5 Å². The molecule has 0 saturated carbocycles. The molecule has 2 aromatic rings. The van der Waals surface area contributed by atoms with Crippen molar-refractivity contribution in [3.63, 3.8) is 0 Å². The number of nitrogens with one attached hydrogen (secondary N) is 2. The van der Waals surface area contributed by atoms with Crippen molar-refractivity contribution in [2.45, 2.75) is 18.9 Å². The number of aromatic nitrogens is 3. The molecular weight excluding hydrogens is 350 g/mol. The van der Waals surface area contributed by atoms with Gasteiger partial charge in [0.25, 0.3) is 5.56 Å². The molecule has 9 heteroatoms. The van der Waals surface area contributed by atoms with E-state index < -0.39 is 11.2 Å². The number of rotatable bonds is 8. The smallest absolute Gasteiger partial charge is 0.346 e. The van der Waals surface area contributed by atoms with Crippen LogP contribution in [0.2, 0.25) is 0 Å². The SMILES string of the molecule is Cn1nc(NCCCCNCC2COc3ccccc3O2)c(=O)n(C)c1=O. The maximum Gasteiger partial charge on any atom is 0.346 e. The van der Waals surface area contributed by atoms with Gasteiger partial charge in [-0.05, 0) is 31.5 Å². The van der Waals surface area contributed by atoms with Gasteiger partial charge in [0.2, 0.25) is 5.82 Å². The Hall–Kier alpha value is -2.81. The van der Waals surface area contributed by atoms with Crippen molar-refractivity contribution >= 4 is 5.82 Å². The van der Waals surface area contributed by atoms with Gasteiger partial charge in [0.15, 0.2) is 11.5 Å². The van der Waals surface area contributed by atoms with E-state index in [1.807, 2.05) is 24.3 Å². The minimum Gasteiger partial charge on any atom is -0.486 e. The van der Waals surface area contributed by atoms with Crippen LogP contribution in [0.5, 0.6) is 11.5 Å². The fourth-order valence-corrected chi connectivity index (χ4v) is 2.82. The lowest BCUT2D eigenvalue weighted by Gasteiger charge is -2.26. The number of hydrogen-bond acceptors (Lipinski definition) is 7. The number of nitrogens with zero attached hydrogens (tertiary/aromatic N) is 3. The molecule has 1 aliphatic rings. The second-order valence-electron chi connectivity index (χ2n) is 6.45. The van der Waals surface area contributed by atoms with Crippen molar-refractivity contribution < 1.29 is 9.47 Å². The molecule has 3 rings (SSSR count). The summed E-state index contributed by atoms with van der Waals surface area (Å²) in [7, 11) is 2.96. The van der Waals surface area contributed by atoms with Gasteiger partial charge in [-0.15, -0.1) is 5.10 Å². The molecule has 0 fully saturated rings. The quantitative estimate of drug-likeness (QED) is 0.631. The molecule has 2 N–H and O–H groups in total. The third kappa shape index (κ3) is 4.68. The molecule has 1 atom stereocenters. The van der Waals surface area contributed by atoms with Crippen LogP contribution >= 0.6 is 0 Å². The Bertz CT molecular complexity index is 892. The molecule has 1 aromatic carbocycles. The third-order valence-electron chi connectivity index (χ3n) is 4.33. The Morgan fingerprint density at radius 3 is 2.70 bits per heavy atom. The summed E-state index contributed by atoms with van der Waals surface area (Å²) in [5.74, 6) is 1.77. The first-order valence-corrected chi connectivity index (χ1v) is 9.03. The van der Waals surface area contributed by atoms with E-state index in [2.05, 4.69) is 15.7 Å². The highest BCUT2D eigenvalue weighted by atomic mass is 16.6. The molecule has 0 amide bonds. The summed E-state index contributed by atoms with van der Waals surface area (Å²) in [6, 6.07) is 7.66. The molecule has 1 aliphatic heterocycles. The van der Waals surface area contributed by atoms with Crippen molar-refractivity contribution in [1.82, 2.24) is 19.7 Å².